The summed E-state index contributed by atoms with van der Waals surface area (Å²) in [5.41, 5.74) is -1.10. The van der Waals surface area contributed by atoms with Crippen molar-refractivity contribution in [2.24, 2.45) is 5.41 Å². The molecule has 1 aliphatic rings. The highest BCUT2D eigenvalue weighted by Gasteiger charge is 2.59. The van der Waals surface area contributed by atoms with E-state index < -0.39 is 23.2 Å². The van der Waals surface area contributed by atoms with E-state index in [0.29, 0.717) is 18.6 Å². The Balaban J connectivity index is 1.91. The van der Waals surface area contributed by atoms with Crippen molar-refractivity contribution in [1.82, 2.24) is 10.1 Å². The third kappa shape index (κ3) is 3.26. The molecule has 0 radical (unpaired) electrons. The molecule has 0 unspecified atom stereocenters. The second-order valence-corrected chi connectivity index (χ2v) is 5.33. The third-order valence-corrected chi connectivity index (χ3v) is 3.45. The summed E-state index contributed by atoms with van der Waals surface area (Å²) in [6.07, 6.45) is 0.915. The number of hydrogen-bond acceptors (Lipinski definition) is 6. The lowest BCUT2D eigenvalue weighted by Gasteiger charge is -2.21. The molecule has 1 aromatic rings. The number of aryl methyl sites for hydroxylation is 1. The lowest BCUT2D eigenvalue weighted by molar-refractivity contribution is -0.157. The number of amides is 2. The first kappa shape index (κ1) is 16.0. The summed E-state index contributed by atoms with van der Waals surface area (Å²) in [6.45, 7) is 3.44. The monoisotopic (exact) mass is 309 g/mol. The van der Waals surface area contributed by atoms with Crippen molar-refractivity contribution < 1.29 is 23.6 Å². The van der Waals surface area contributed by atoms with Crippen LogP contribution in [0.15, 0.2) is 10.6 Å². The maximum Gasteiger partial charge on any atom is 0.321 e. The zero-order valence-corrected chi connectivity index (χ0v) is 12.8. The van der Waals surface area contributed by atoms with Crippen LogP contribution < -0.4 is 5.32 Å². The topological polar surface area (TPSA) is 102 Å². The number of ether oxygens (including phenoxy) is 1. The van der Waals surface area contributed by atoms with Gasteiger partial charge in [0.1, 0.15) is 11.2 Å². The SMILES string of the molecule is CCOC(=O)C1(C(=O)N(C)CC(=O)Nc2cc(C)on2)CC1. The molecule has 0 bridgehead atoms. The first-order chi connectivity index (χ1) is 10.4. The van der Waals surface area contributed by atoms with Gasteiger partial charge in [0.15, 0.2) is 5.82 Å². The molecular formula is C14H19N3O5. The van der Waals surface area contributed by atoms with Gasteiger partial charge in [-0.1, -0.05) is 5.16 Å². The molecule has 8 heteroatoms. The van der Waals surface area contributed by atoms with Gasteiger partial charge in [-0.05, 0) is 26.7 Å². The Kier molecular flexibility index (Phi) is 4.48. The molecule has 2 rings (SSSR count). The Bertz CT molecular complexity index is 591. The maximum absolute atomic E-state index is 12.3. The Hall–Kier alpha value is -2.38. The highest BCUT2D eigenvalue weighted by atomic mass is 16.5. The van der Waals surface area contributed by atoms with Gasteiger partial charge in [-0.2, -0.15) is 0 Å². The minimum absolute atomic E-state index is 0.175. The molecule has 1 aliphatic carbocycles. The number of rotatable bonds is 6. The number of nitrogens with zero attached hydrogens (tertiary/aromatic N) is 2. The van der Waals surface area contributed by atoms with Crippen molar-refractivity contribution >= 4 is 23.6 Å². The van der Waals surface area contributed by atoms with Gasteiger partial charge in [0.2, 0.25) is 11.8 Å². The van der Waals surface area contributed by atoms with Crippen LogP contribution in [0.1, 0.15) is 25.5 Å². The van der Waals surface area contributed by atoms with Crippen LogP contribution in [0.25, 0.3) is 0 Å². The lowest BCUT2D eigenvalue weighted by Crippen LogP contribution is -2.42. The van der Waals surface area contributed by atoms with Crippen LogP contribution in [0.2, 0.25) is 0 Å². The van der Waals surface area contributed by atoms with E-state index >= 15 is 0 Å². The predicted octanol–water partition coefficient (Wildman–Crippen LogP) is 0.723. The van der Waals surface area contributed by atoms with Crippen LogP contribution in [0, 0.1) is 12.3 Å². The summed E-state index contributed by atoms with van der Waals surface area (Å²) in [5.74, 6) is -0.463. The highest BCUT2D eigenvalue weighted by Crippen LogP contribution is 2.48. The minimum Gasteiger partial charge on any atom is -0.465 e. The van der Waals surface area contributed by atoms with Crippen LogP contribution in [0.4, 0.5) is 5.82 Å². The fourth-order valence-electron chi connectivity index (χ4n) is 2.16. The predicted molar refractivity (Wildman–Crippen MR) is 75.8 cm³/mol. The Morgan fingerprint density at radius 2 is 2.14 bits per heavy atom. The van der Waals surface area contributed by atoms with E-state index in [-0.39, 0.29) is 19.0 Å². The van der Waals surface area contributed by atoms with Gasteiger partial charge < -0.3 is 19.5 Å². The molecule has 0 saturated heterocycles. The standard InChI is InChI=1S/C14H19N3O5/c1-4-21-13(20)14(5-6-14)12(19)17(3)8-11(18)15-10-7-9(2)22-16-10/h7H,4-6,8H2,1-3H3,(H,15,16,18). The molecule has 8 nitrogen and oxygen atoms in total. The molecular weight excluding hydrogens is 290 g/mol. The fraction of sp³-hybridized carbons (Fsp3) is 0.571. The van der Waals surface area contributed by atoms with Crippen LogP contribution in [-0.2, 0) is 19.1 Å². The van der Waals surface area contributed by atoms with Gasteiger partial charge in [0.25, 0.3) is 0 Å². The van der Waals surface area contributed by atoms with Crippen molar-refractivity contribution in [3.05, 3.63) is 11.8 Å². The summed E-state index contributed by atoms with van der Waals surface area (Å²) in [6, 6.07) is 1.57. The van der Waals surface area contributed by atoms with Crippen LogP contribution in [0.5, 0.6) is 0 Å². The molecule has 0 aromatic carbocycles. The number of carbonyl (C=O) groups is 3. The molecule has 2 amide bonds. The van der Waals surface area contributed by atoms with E-state index in [1.807, 2.05) is 0 Å². The third-order valence-electron chi connectivity index (χ3n) is 3.45. The fourth-order valence-corrected chi connectivity index (χ4v) is 2.16. The van der Waals surface area contributed by atoms with Gasteiger partial charge in [-0.3, -0.25) is 14.4 Å². The van der Waals surface area contributed by atoms with E-state index in [2.05, 4.69) is 10.5 Å². The van der Waals surface area contributed by atoms with Gasteiger partial charge in [0, 0.05) is 13.1 Å². The molecule has 1 heterocycles. The largest absolute Gasteiger partial charge is 0.465 e. The van der Waals surface area contributed by atoms with Gasteiger partial charge in [-0.15, -0.1) is 0 Å². The Morgan fingerprint density at radius 1 is 1.45 bits per heavy atom. The number of hydrogen-bond donors (Lipinski definition) is 1. The smallest absolute Gasteiger partial charge is 0.321 e. The van der Waals surface area contributed by atoms with Crippen LogP contribution >= 0.6 is 0 Å². The van der Waals surface area contributed by atoms with E-state index in [9.17, 15) is 14.4 Å². The second-order valence-electron chi connectivity index (χ2n) is 5.33. The molecule has 1 N–H and O–H groups in total. The average Bonchev–Trinajstić information content (AvgIpc) is 3.17. The van der Waals surface area contributed by atoms with Gasteiger partial charge >= 0.3 is 5.97 Å². The Labute approximate surface area is 127 Å². The number of anilines is 1. The minimum atomic E-state index is -1.10. The molecule has 1 fully saturated rings. The molecule has 22 heavy (non-hydrogen) atoms. The molecule has 120 valence electrons. The number of nitrogens with one attached hydrogen (secondary N) is 1. The van der Waals surface area contributed by atoms with Crippen molar-refractivity contribution in [2.45, 2.75) is 26.7 Å². The molecule has 0 aliphatic heterocycles. The second kappa shape index (κ2) is 6.17. The average molecular weight is 309 g/mol. The van der Waals surface area contributed by atoms with E-state index in [4.69, 9.17) is 9.26 Å². The Morgan fingerprint density at radius 3 is 2.64 bits per heavy atom. The quantitative estimate of drug-likeness (QED) is 0.614. The number of carbonyl (C=O) groups excluding carboxylic acids is 3. The number of esters is 1. The highest BCUT2D eigenvalue weighted by molar-refractivity contribution is 6.06. The first-order valence-electron chi connectivity index (χ1n) is 7.05. The van der Waals surface area contributed by atoms with Crippen molar-refractivity contribution in [3.63, 3.8) is 0 Å². The zero-order valence-electron chi connectivity index (χ0n) is 12.8. The van der Waals surface area contributed by atoms with Crippen LogP contribution in [-0.4, -0.2) is 48.0 Å². The van der Waals surface area contributed by atoms with E-state index in [1.54, 1.807) is 19.9 Å². The summed E-state index contributed by atoms with van der Waals surface area (Å²) in [7, 11) is 1.48. The number of likely N-dealkylation sites (N-methyl/N-ethyl adjacent to an activating group) is 1. The molecule has 0 atom stereocenters. The summed E-state index contributed by atoms with van der Waals surface area (Å²) in [5, 5.41) is 6.16. The summed E-state index contributed by atoms with van der Waals surface area (Å²) in [4.78, 5) is 37.3. The summed E-state index contributed by atoms with van der Waals surface area (Å²) < 4.78 is 9.77. The van der Waals surface area contributed by atoms with Crippen molar-refractivity contribution in [3.8, 4) is 0 Å². The first-order valence-corrected chi connectivity index (χ1v) is 7.05. The van der Waals surface area contributed by atoms with Crippen LogP contribution in [0.3, 0.4) is 0 Å². The maximum atomic E-state index is 12.3. The molecule has 1 saturated carbocycles. The molecule has 0 spiro atoms. The summed E-state index contributed by atoms with van der Waals surface area (Å²) >= 11 is 0. The lowest BCUT2D eigenvalue weighted by atomic mass is 10.1. The van der Waals surface area contributed by atoms with Crippen molar-refractivity contribution in [1.29, 1.82) is 0 Å². The van der Waals surface area contributed by atoms with Gasteiger partial charge in [-0.25, -0.2) is 0 Å². The van der Waals surface area contributed by atoms with Gasteiger partial charge in [0.05, 0.1) is 13.2 Å². The normalized spacial score (nSPS) is 15.0. The van der Waals surface area contributed by atoms with E-state index in [1.165, 1.54) is 11.9 Å². The number of aromatic nitrogens is 1. The van der Waals surface area contributed by atoms with Crippen molar-refractivity contribution in [2.75, 3.05) is 25.5 Å². The zero-order chi connectivity index (χ0) is 16.3. The molecule has 1 aromatic heterocycles. The van der Waals surface area contributed by atoms with E-state index in [0.717, 1.165) is 0 Å².